The van der Waals surface area contributed by atoms with Gasteiger partial charge < -0.3 is 10.8 Å². The number of nitrogens with two attached hydrogens (primary N) is 1. The predicted octanol–water partition coefficient (Wildman–Crippen LogP) is 0.0326. The average Bonchev–Trinajstić information content (AvgIpc) is 2.05. The lowest BCUT2D eigenvalue weighted by molar-refractivity contribution is 0.281. The van der Waals surface area contributed by atoms with E-state index in [9.17, 15) is 0 Å². The second-order valence-corrected chi connectivity index (χ2v) is 2.06. The molecule has 0 fully saturated rings. The van der Waals surface area contributed by atoms with Crippen LogP contribution in [0.15, 0.2) is 18.5 Å². The second kappa shape index (κ2) is 3.29. The molecule has 0 amide bonds. The van der Waals surface area contributed by atoms with E-state index in [0.717, 1.165) is 11.1 Å². The van der Waals surface area contributed by atoms with E-state index >= 15 is 0 Å². The molecule has 1 aromatic rings. The third-order valence-electron chi connectivity index (χ3n) is 1.27. The molecule has 0 saturated heterocycles. The molecule has 0 aromatic carbocycles. The Morgan fingerprint density at radius 1 is 1.40 bits per heavy atom. The monoisotopic (exact) mass is 138 g/mol. The normalized spacial score (nSPS) is 9.80. The molecule has 10 heavy (non-hydrogen) atoms. The minimum atomic E-state index is 0.0286. The summed E-state index contributed by atoms with van der Waals surface area (Å²) in [5.41, 5.74) is 7.11. The Kier molecular flexibility index (Phi) is 2.36. The molecule has 1 heterocycles. The zero-order valence-corrected chi connectivity index (χ0v) is 5.62. The molecule has 3 heteroatoms. The van der Waals surface area contributed by atoms with Gasteiger partial charge in [-0.05, 0) is 17.2 Å². The summed E-state index contributed by atoms with van der Waals surface area (Å²) in [6.45, 7) is 0.502. The lowest BCUT2D eigenvalue weighted by atomic mass is 10.2. The number of pyridine rings is 1. The molecular weight excluding hydrogens is 128 g/mol. The summed E-state index contributed by atoms with van der Waals surface area (Å²) < 4.78 is 0. The standard InChI is InChI=1S/C7H10N2O/c8-2-6-1-7(5-10)4-9-3-6/h1,3-4,10H,2,5,8H2. The number of aromatic nitrogens is 1. The summed E-state index contributed by atoms with van der Waals surface area (Å²) in [5, 5.41) is 8.68. The van der Waals surface area contributed by atoms with Crippen molar-refractivity contribution in [2.45, 2.75) is 13.2 Å². The third-order valence-corrected chi connectivity index (χ3v) is 1.27. The summed E-state index contributed by atoms with van der Waals surface area (Å²) in [6.07, 6.45) is 3.32. The van der Waals surface area contributed by atoms with Crippen molar-refractivity contribution in [3.8, 4) is 0 Å². The van der Waals surface area contributed by atoms with Gasteiger partial charge in [-0.2, -0.15) is 0 Å². The second-order valence-electron chi connectivity index (χ2n) is 2.06. The molecule has 0 atom stereocenters. The molecule has 0 aliphatic heterocycles. The number of hydrogen-bond acceptors (Lipinski definition) is 3. The smallest absolute Gasteiger partial charge is 0.0696 e. The van der Waals surface area contributed by atoms with E-state index in [0.29, 0.717) is 6.54 Å². The zero-order chi connectivity index (χ0) is 7.40. The van der Waals surface area contributed by atoms with Gasteiger partial charge >= 0.3 is 0 Å². The van der Waals surface area contributed by atoms with Crippen LogP contribution in [0.4, 0.5) is 0 Å². The number of aliphatic hydroxyl groups is 1. The van der Waals surface area contributed by atoms with Crippen LogP contribution < -0.4 is 5.73 Å². The minimum Gasteiger partial charge on any atom is -0.392 e. The van der Waals surface area contributed by atoms with Crippen LogP contribution in [0.1, 0.15) is 11.1 Å². The molecule has 0 radical (unpaired) electrons. The Labute approximate surface area is 59.5 Å². The first-order valence-electron chi connectivity index (χ1n) is 3.10. The maximum absolute atomic E-state index is 8.68. The van der Waals surface area contributed by atoms with E-state index in [1.54, 1.807) is 12.4 Å². The van der Waals surface area contributed by atoms with Crippen LogP contribution in [0, 0.1) is 0 Å². The van der Waals surface area contributed by atoms with Crippen molar-refractivity contribution in [2.24, 2.45) is 5.73 Å². The molecule has 1 aromatic heterocycles. The van der Waals surface area contributed by atoms with Gasteiger partial charge in [-0.3, -0.25) is 4.98 Å². The van der Waals surface area contributed by atoms with Gasteiger partial charge in [-0.15, -0.1) is 0 Å². The summed E-state index contributed by atoms with van der Waals surface area (Å²) in [5.74, 6) is 0. The topological polar surface area (TPSA) is 59.1 Å². The SMILES string of the molecule is NCc1cncc(CO)c1. The van der Waals surface area contributed by atoms with Crippen LogP contribution in [-0.4, -0.2) is 10.1 Å². The van der Waals surface area contributed by atoms with E-state index in [2.05, 4.69) is 4.98 Å². The Morgan fingerprint density at radius 3 is 2.70 bits per heavy atom. The molecular formula is C7H10N2O. The minimum absolute atomic E-state index is 0.0286. The van der Waals surface area contributed by atoms with Gasteiger partial charge in [-0.25, -0.2) is 0 Å². The molecule has 0 spiro atoms. The van der Waals surface area contributed by atoms with Crippen molar-refractivity contribution in [1.29, 1.82) is 0 Å². The van der Waals surface area contributed by atoms with E-state index in [4.69, 9.17) is 10.8 Å². The summed E-state index contributed by atoms with van der Waals surface area (Å²) >= 11 is 0. The fourth-order valence-corrected chi connectivity index (χ4v) is 0.740. The van der Waals surface area contributed by atoms with Crippen molar-refractivity contribution in [3.05, 3.63) is 29.6 Å². The first kappa shape index (κ1) is 7.18. The third kappa shape index (κ3) is 1.52. The van der Waals surface area contributed by atoms with E-state index in [-0.39, 0.29) is 6.61 Å². The van der Waals surface area contributed by atoms with Gasteiger partial charge in [-0.1, -0.05) is 0 Å². The van der Waals surface area contributed by atoms with Crippen LogP contribution in [0.5, 0.6) is 0 Å². The molecule has 0 unspecified atom stereocenters. The van der Waals surface area contributed by atoms with E-state index in [1.807, 2.05) is 6.07 Å². The van der Waals surface area contributed by atoms with Gasteiger partial charge in [0, 0.05) is 18.9 Å². The first-order chi connectivity index (χ1) is 4.86. The zero-order valence-electron chi connectivity index (χ0n) is 5.62. The number of hydrogen-bond donors (Lipinski definition) is 2. The van der Waals surface area contributed by atoms with Gasteiger partial charge in [0.25, 0.3) is 0 Å². The molecule has 1 rings (SSSR count). The van der Waals surface area contributed by atoms with Crippen molar-refractivity contribution < 1.29 is 5.11 Å². The largest absolute Gasteiger partial charge is 0.392 e. The summed E-state index contributed by atoms with van der Waals surface area (Å²) in [7, 11) is 0. The Balaban J connectivity index is 2.87. The molecule has 3 nitrogen and oxygen atoms in total. The van der Waals surface area contributed by atoms with Crippen LogP contribution in [0.3, 0.4) is 0 Å². The number of rotatable bonds is 2. The lowest BCUT2D eigenvalue weighted by Gasteiger charge is -1.97. The predicted molar refractivity (Wildman–Crippen MR) is 38.1 cm³/mol. The molecule has 0 saturated carbocycles. The van der Waals surface area contributed by atoms with E-state index in [1.165, 1.54) is 0 Å². The van der Waals surface area contributed by atoms with Gasteiger partial charge in [0.2, 0.25) is 0 Å². The molecule has 0 aliphatic carbocycles. The molecule has 0 bridgehead atoms. The fraction of sp³-hybridized carbons (Fsp3) is 0.286. The maximum atomic E-state index is 8.68. The first-order valence-corrected chi connectivity index (χ1v) is 3.10. The van der Waals surface area contributed by atoms with Gasteiger partial charge in [0.15, 0.2) is 0 Å². The van der Waals surface area contributed by atoms with Crippen LogP contribution in [0.2, 0.25) is 0 Å². The van der Waals surface area contributed by atoms with Crippen molar-refractivity contribution in [3.63, 3.8) is 0 Å². The van der Waals surface area contributed by atoms with Crippen molar-refractivity contribution in [2.75, 3.05) is 0 Å². The number of nitrogens with zero attached hydrogens (tertiary/aromatic N) is 1. The van der Waals surface area contributed by atoms with Crippen molar-refractivity contribution in [1.82, 2.24) is 4.98 Å². The summed E-state index contributed by atoms with van der Waals surface area (Å²) in [6, 6.07) is 1.84. The molecule has 54 valence electrons. The lowest BCUT2D eigenvalue weighted by Crippen LogP contribution is -1.98. The highest BCUT2D eigenvalue weighted by molar-refractivity contribution is 5.16. The maximum Gasteiger partial charge on any atom is 0.0696 e. The Bertz CT molecular complexity index is 193. The highest BCUT2D eigenvalue weighted by Crippen LogP contribution is 2.00. The fourth-order valence-electron chi connectivity index (χ4n) is 0.740. The highest BCUT2D eigenvalue weighted by Gasteiger charge is 1.91. The quantitative estimate of drug-likeness (QED) is 0.606. The van der Waals surface area contributed by atoms with Crippen LogP contribution in [0.25, 0.3) is 0 Å². The Hall–Kier alpha value is -0.930. The highest BCUT2D eigenvalue weighted by atomic mass is 16.3. The number of aliphatic hydroxyl groups excluding tert-OH is 1. The van der Waals surface area contributed by atoms with E-state index < -0.39 is 0 Å². The van der Waals surface area contributed by atoms with Crippen LogP contribution in [-0.2, 0) is 13.2 Å². The van der Waals surface area contributed by atoms with Crippen molar-refractivity contribution >= 4 is 0 Å². The summed E-state index contributed by atoms with van der Waals surface area (Å²) in [4.78, 5) is 3.89. The molecule has 3 N–H and O–H groups in total. The Morgan fingerprint density at radius 2 is 2.10 bits per heavy atom. The van der Waals surface area contributed by atoms with Gasteiger partial charge in [0.1, 0.15) is 0 Å². The average molecular weight is 138 g/mol. The van der Waals surface area contributed by atoms with Gasteiger partial charge in [0.05, 0.1) is 6.61 Å². The molecule has 0 aliphatic rings. The van der Waals surface area contributed by atoms with Crippen LogP contribution >= 0.6 is 0 Å².